The molecule has 124 valence electrons. The van der Waals surface area contributed by atoms with Gasteiger partial charge >= 0.3 is 0 Å². The number of halogens is 1. The Bertz CT molecular complexity index is 1030. The first kappa shape index (κ1) is 15.9. The number of nitrogens with zero attached hydrogens (tertiary/aromatic N) is 2. The van der Waals surface area contributed by atoms with E-state index in [1.807, 2.05) is 46.4 Å². The summed E-state index contributed by atoms with van der Waals surface area (Å²) in [6, 6.07) is 11.1. The van der Waals surface area contributed by atoms with Gasteiger partial charge in [0.2, 0.25) is 5.91 Å². The number of aromatic nitrogens is 2. The van der Waals surface area contributed by atoms with Gasteiger partial charge in [0.05, 0.1) is 5.69 Å². The first-order valence-electron chi connectivity index (χ1n) is 7.44. The summed E-state index contributed by atoms with van der Waals surface area (Å²) < 4.78 is 7.93. The van der Waals surface area contributed by atoms with E-state index in [9.17, 15) is 4.79 Å². The molecule has 1 N–H and O–H groups in total. The minimum atomic E-state index is -0.220. The molecule has 0 unspecified atom stereocenters. The highest BCUT2D eigenvalue weighted by Crippen LogP contribution is 2.23. The van der Waals surface area contributed by atoms with Gasteiger partial charge in [-0.2, -0.15) is 0 Å². The highest BCUT2D eigenvalue weighted by molar-refractivity contribution is 9.10. The van der Waals surface area contributed by atoms with Crippen molar-refractivity contribution in [2.24, 2.45) is 0 Å². The normalized spacial score (nSPS) is 11.4. The first-order valence-corrected chi connectivity index (χ1v) is 9.12. The molecule has 0 aliphatic rings. The Morgan fingerprint density at radius 3 is 2.80 bits per heavy atom. The monoisotopic (exact) mass is 413 g/mol. The molecule has 1 aromatic carbocycles. The van der Waals surface area contributed by atoms with Gasteiger partial charge in [-0.3, -0.25) is 9.20 Å². The van der Waals surface area contributed by atoms with Crippen molar-refractivity contribution in [3.8, 4) is 11.3 Å². The van der Waals surface area contributed by atoms with E-state index >= 15 is 0 Å². The average Bonchev–Trinajstić information content (AvgIpc) is 3.29. The molecule has 4 aromatic rings. The van der Waals surface area contributed by atoms with Gasteiger partial charge < -0.3 is 9.73 Å². The van der Waals surface area contributed by atoms with Crippen molar-refractivity contribution in [3.05, 3.63) is 70.7 Å². The fraction of sp³-hybridized carbons (Fsp3) is 0. The molecule has 5 nitrogen and oxygen atoms in total. The Balaban J connectivity index is 1.44. The molecule has 0 aliphatic carbocycles. The van der Waals surface area contributed by atoms with Crippen LogP contribution in [-0.2, 0) is 4.79 Å². The molecule has 0 spiro atoms. The number of fused-ring (bicyclic) bond motifs is 1. The number of carbonyl (C=O) groups excluding carboxylic acids is 1. The maximum Gasteiger partial charge on any atom is 0.248 e. The van der Waals surface area contributed by atoms with E-state index in [1.54, 1.807) is 29.5 Å². The summed E-state index contributed by atoms with van der Waals surface area (Å²) in [6.45, 7) is 0. The summed E-state index contributed by atoms with van der Waals surface area (Å²) >= 11 is 4.82. The predicted molar refractivity (Wildman–Crippen MR) is 103 cm³/mol. The zero-order valence-corrected chi connectivity index (χ0v) is 15.3. The van der Waals surface area contributed by atoms with Gasteiger partial charge in [0.1, 0.15) is 5.76 Å². The van der Waals surface area contributed by atoms with E-state index in [4.69, 9.17) is 4.42 Å². The Morgan fingerprint density at radius 1 is 1.24 bits per heavy atom. The highest BCUT2D eigenvalue weighted by atomic mass is 79.9. The number of amides is 1. The van der Waals surface area contributed by atoms with Crippen LogP contribution in [0.5, 0.6) is 0 Å². The van der Waals surface area contributed by atoms with Crippen molar-refractivity contribution >= 4 is 49.9 Å². The Hall–Kier alpha value is -2.64. The van der Waals surface area contributed by atoms with E-state index < -0.39 is 0 Å². The molecule has 1 amide bonds. The summed E-state index contributed by atoms with van der Waals surface area (Å²) in [4.78, 5) is 17.5. The lowest BCUT2D eigenvalue weighted by Crippen LogP contribution is -2.07. The van der Waals surface area contributed by atoms with Crippen molar-refractivity contribution in [2.45, 2.75) is 0 Å². The number of furan rings is 1. The fourth-order valence-corrected chi connectivity index (χ4v) is 3.37. The number of hydrogen-bond acceptors (Lipinski definition) is 4. The fourth-order valence-electron chi connectivity index (χ4n) is 2.35. The maximum atomic E-state index is 12.0. The molecule has 25 heavy (non-hydrogen) atoms. The highest BCUT2D eigenvalue weighted by Gasteiger charge is 2.06. The van der Waals surface area contributed by atoms with Crippen LogP contribution < -0.4 is 5.32 Å². The Labute approximate surface area is 155 Å². The number of anilines is 1. The topological polar surface area (TPSA) is 59.5 Å². The third kappa shape index (κ3) is 3.57. The lowest BCUT2D eigenvalue weighted by molar-refractivity contribution is -0.111. The van der Waals surface area contributed by atoms with Gasteiger partial charge in [-0.05, 0) is 46.3 Å². The second kappa shape index (κ2) is 6.70. The van der Waals surface area contributed by atoms with Crippen molar-refractivity contribution in [1.82, 2.24) is 9.38 Å². The minimum absolute atomic E-state index is 0.220. The summed E-state index contributed by atoms with van der Waals surface area (Å²) in [7, 11) is 0. The standard InChI is InChI=1S/C18H12BrN3O2S/c19-16-7-5-14(24-16)6-8-17(23)20-13-3-1-12(2-4-13)15-11-22-9-10-25-18(22)21-15/h1-11H,(H,20,23)/b8-6+. The molecule has 0 fully saturated rings. The van der Waals surface area contributed by atoms with E-state index in [1.165, 1.54) is 6.08 Å². The zero-order chi connectivity index (χ0) is 17.2. The molecule has 0 aliphatic heterocycles. The third-order valence-corrected chi connectivity index (χ3v) is 4.73. The van der Waals surface area contributed by atoms with Gasteiger partial charge in [0, 0.05) is 35.1 Å². The largest absolute Gasteiger partial charge is 0.450 e. The predicted octanol–water partition coefficient (Wildman–Crippen LogP) is 5.07. The van der Waals surface area contributed by atoms with Crippen molar-refractivity contribution in [3.63, 3.8) is 0 Å². The lowest BCUT2D eigenvalue weighted by atomic mass is 10.1. The third-order valence-electron chi connectivity index (χ3n) is 3.53. The van der Waals surface area contributed by atoms with Gasteiger partial charge in [-0.25, -0.2) is 4.98 Å². The van der Waals surface area contributed by atoms with E-state index in [-0.39, 0.29) is 5.91 Å². The van der Waals surface area contributed by atoms with Crippen LogP contribution in [0.2, 0.25) is 0 Å². The molecule has 0 radical (unpaired) electrons. The minimum Gasteiger partial charge on any atom is -0.450 e. The van der Waals surface area contributed by atoms with E-state index in [0.717, 1.165) is 21.9 Å². The molecule has 0 atom stereocenters. The maximum absolute atomic E-state index is 12.0. The van der Waals surface area contributed by atoms with Crippen molar-refractivity contribution in [2.75, 3.05) is 5.32 Å². The second-order valence-electron chi connectivity index (χ2n) is 5.26. The molecular weight excluding hydrogens is 402 g/mol. The van der Waals surface area contributed by atoms with E-state index in [2.05, 4.69) is 26.2 Å². The summed E-state index contributed by atoms with van der Waals surface area (Å²) in [5.41, 5.74) is 2.64. The number of benzene rings is 1. The summed E-state index contributed by atoms with van der Waals surface area (Å²) in [5, 5.41) is 4.82. The van der Waals surface area contributed by atoms with Crippen LogP contribution in [0.25, 0.3) is 22.3 Å². The number of imidazole rings is 1. The van der Waals surface area contributed by atoms with E-state index in [0.29, 0.717) is 10.4 Å². The van der Waals surface area contributed by atoms with Gasteiger partial charge in [0.15, 0.2) is 9.63 Å². The summed E-state index contributed by atoms with van der Waals surface area (Å²) in [6.07, 6.45) is 7.02. The number of nitrogens with one attached hydrogen (secondary N) is 1. The van der Waals surface area contributed by atoms with Crippen LogP contribution in [0.4, 0.5) is 5.69 Å². The van der Waals surface area contributed by atoms with Gasteiger partial charge in [-0.1, -0.05) is 12.1 Å². The summed E-state index contributed by atoms with van der Waals surface area (Å²) in [5.74, 6) is 0.389. The van der Waals surface area contributed by atoms with Crippen LogP contribution in [-0.4, -0.2) is 15.3 Å². The molecule has 0 saturated heterocycles. The molecule has 3 aromatic heterocycles. The number of carbonyl (C=O) groups is 1. The average molecular weight is 414 g/mol. The Kier molecular flexibility index (Phi) is 4.25. The Morgan fingerprint density at radius 2 is 2.08 bits per heavy atom. The van der Waals surface area contributed by atoms with Crippen LogP contribution in [0.3, 0.4) is 0 Å². The van der Waals surface area contributed by atoms with Crippen LogP contribution in [0, 0.1) is 0 Å². The zero-order valence-electron chi connectivity index (χ0n) is 12.8. The molecule has 0 saturated carbocycles. The number of rotatable bonds is 4. The van der Waals surface area contributed by atoms with Crippen LogP contribution in [0.1, 0.15) is 5.76 Å². The van der Waals surface area contributed by atoms with Crippen LogP contribution in [0.15, 0.2) is 69.3 Å². The van der Waals surface area contributed by atoms with Crippen LogP contribution >= 0.6 is 27.3 Å². The SMILES string of the molecule is O=C(/C=C/c1ccc(Br)o1)Nc1ccc(-c2cn3ccsc3n2)cc1. The molecule has 0 bridgehead atoms. The molecular formula is C18H12BrN3O2S. The second-order valence-corrected chi connectivity index (χ2v) is 6.92. The first-order chi connectivity index (χ1) is 12.2. The molecule has 3 heterocycles. The van der Waals surface area contributed by atoms with Crippen molar-refractivity contribution in [1.29, 1.82) is 0 Å². The molecule has 7 heteroatoms. The smallest absolute Gasteiger partial charge is 0.248 e. The number of thiazole rings is 1. The van der Waals surface area contributed by atoms with Gasteiger partial charge in [0.25, 0.3) is 0 Å². The molecule has 4 rings (SSSR count). The van der Waals surface area contributed by atoms with Crippen molar-refractivity contribution < 1.29 is 9.21 Å². The lowest BCUT2D eigenvalue weighted by Gasteiger charge is -2.03. The quantitative estimate of drug-likeness (QED) is 0.475. The van der Waals surface area contributed by atoms with Gasteiger partial charge in [-0.15, -0.1) is 11.3 Å². The number of hydrogen-bond donors (Lipinski definition) is 1.